The maximum Gasteiger partial charge on any atom is 0.227 e. The van der Waals surface area contributed by atoms with Gasteiger partial charge in [0, 0.05) is 24.0 Å². The summed E-state index contributed by atoms with van der Waals surface area (Å²) in [5.41, 5.74) is 1.90. The molecule has 0 spiro atoms. The number of nitrogens with zero attached hydrogens (tertiary/aromatic N) is 2. The zero-order valence-corrected chi connectivity index (χ0v) is 10.5. The summed E-state index contributed by atoms with van der Waals surface area (Å²) in [5.74, 6) is 0.362. The highest BCUT2D eigenvalue weighted by Crippen LogP contribution is 2.26. The summed E-state index contributed by atoms with van der Waals surface area (Å²) in [5, 5.41) is 8.30. The lowest BCUT2D eigenvalue weighted by Gasteiger charge is -2.10. The monoisotopic (exact) mass is 243 g/mol. The molecule has 0 aliphatic heterocycles. The molecule has 0 unspecified atom stereocenters. The fourth-order valence-electron chi connectivity index (χ4n) is 2.65. The highest BCUT2D eigenvalue weighted by molar-refractivity contribution is 5.95. The third-order valence-electron chi connectivity index (χ3n) is 3.74. The van der Waals surface area contributed by atoms with Gasteiger partial charge in [-0.3, -0.25) is 9.48 Å². The van der Waals surface area contributed by atoms with Crippen LogP contribution in [0.5, 0.6) is 0 Å². The molecule has 1 fully saturated rings. The van der Waals surface area contributed by atoms with E-state index in [1.807, 2.05) is 36.1 Å². The fraction of sp³-hybridized carbons (Fsp3) is 0.429. The van der Waals surface area contributed by atoms with Gasteiger partial charge in [0.1, 0.15) is 0 Å². The Morgan fingerprint density at radius 1 is 1.39 bits per heavy atom. The molecule has 1 N–H and O–H groups in total. The summed E-state index contributed by atoms with van der Waals surface area (Å²) >= 11 is 0. The van der Waals surface area contributed by atoms with Crippen LogP contribution in [0.3, 0.4) is 0 Å². The fourth-order valence-corrected chi connectivity index (χ4v) is 2.65. The lowest BCUT2D eigenvalue weighted by molar-refractivity contribution is -0.119. The molecular weight excluding hydrogens is 226 g/mol. The van der Waals surface area contributed by atoms with Gasteiger partial charge in [-0.05, 0) is 31.0 Å². The van der Waals surface area contributed by atoms with Gasteiger partial charge in [-0.15, -0.1) is 0 Å². The van der Waals surface area contributed by atoms with Crippen molar-refractivity contribution in [3.63, 3.8) is 0 Å². The predicted molar refractivity (Wildman–Crippen MR) is 71.3 cm³/mol. The topological polar surface area (TPSA) is 46.9 Å². The molecule has 1 aliphatic carbocycles. The Balaban J connectivity index is 1.81. The highest BCUT2D eigenvalue weighted by Gasteiger charge is 2.22. The molecule has 1 aromatic carbocycles. The number of amides is 1. The number of anilines is 1. The Bertz CT molecular complexity index is 582. The smallest absolute Gasteiger partial charge is 0.227 e. The van der Waals surface area contributed by atoms with Crippen molar-refractivity contribution in [1.82, 2.24) is 9.78 Å². The number of nitrogens with one attached hydrogen (secondary N) is 1. The Labute approximate surface area is 106 Å². The maximum atomic E-state index is 12.0. The summed E-state index contributed by atoms with van der Waals surface area (Å²) in [6.45, 7) is 0. The Kier molecular flexibility index (Phi) is 2.78. The van der Waals surface area contributed by atoms with Crippen LogP contribution in [0.4, 0.5) is 5.69 Å². The Morgan fingerprint density at radius 2 is 2.17 bits per heavy atom. The van der Waals surface area contributed by atoms with Gasteiger partial charge in [0.05, 0.1) is 11.7 Å². The lowest BCUT2D eigenvalue weighted by atomic mass is 10.1. The van der Waals surface area contributed by atoms with Crippen LogP contribution in [0.15, 0.2) is 24.4 Å². The number of carbonyl (C=O) groups excluding carboxylic acids is 1. The lowest BCUT2D eigenvalue weighted by Crippen LogP contribution is -2.20. The third-order valence-corrected chi connectivity index (χ3v) is 3.74. The summed E-state index contributed by atoms with van der Waals surface area (Å²) in [7, 11) is 1.91. The normalized spacial score (nSPS) is 16.3. The molecule has 1 saturated carbocycles. The minimum absolute atomic E-state index is 0.161. The van der Waals surface area contributed by atoms with E-state index in [1.165, 1.54) is 12.8 Å². The van der Waals surface area contributed by atoms with E-state index in [9.17, 15) is 4.79 Å². The molecule has 4 heteroatoms. The number of aryl methyl sites for hydroxylation is 1. The second kappa shape index (κ2) is 4.44. The SMILES string of the molecule is Cn1ncc2ccc(NC(=O)C3CCCC3)cc21. The third kappa shape index (κ3) is 1.98. The Morgan fingerprint density at radius 3 is 2.94 bits per heavy atom. The molecule has 1 amide bonds. The number of benzene rings is 1. The minimum Gasteiger partial charge on any atom is -0.326 e. The van der Waals surface area contributed by atoms with Gasteiger partial charge in [0.15, 0.2) is 0 Å². The summed E-state index contributed by atoms with van der Waals surface area (Å²) < 4.78 is 1.82. The Hall–Kier alpha value is -1.84. The van der Waals surface area contributed by atoms with Crippen molar-refractivity contribution in [2.24, 2.45) is 13.0 Å². The highest BCUT2D eigenvalue weighted by atomic mass is 16.1. The zero-order chi connectivity index (χ0) is 12.5. The summed E-state index contributed by atoms with van der Waals surface area (Å²) in [4.78, 5) is 12.0. The van der Waals surface area contributed by atoms with Crippen molar-refractivity contribution >= 4 is 22.5 Å². The molecule has 1 aliphatic rings. The van der Waals surface area contributed by atoms with E-state index in [4.69, 9.17) is 0 Å². The molecule has 3 rings (SSSR count). The number of rotatable bonds is 2. The van der Waals surface area contributed by atoms with Crippen molar-refractivity contribution in [2.45, 2.75) is 25.7 Å². The molecule has 0 bridgehead atoms. The van der Waals surface area contributed by atoms with Gasteiger partial charge in [-0.2, -0.15) is 5.10 Å². The second-order valence-electron chi connectivity index (χ2n) is 5.01. The van der Waals surface area contributed by atoms with Crippen molar-refractivity contribution in [3.8, 4) is 0 Å². The van der Waals surface area contributed by atoms with Gasteiger partial charge in [-0.1, -0.05) is 12.8 Å². The predicted octanol–water partition coefficient (Wildman–Crippen LogP) is 2.70. The number of carbonyl (C=O) groups is 1. The first-order valence-corrected chi connectivity index (χ1v) is 6.47. The van der Waals surface area contributed by atoms with Gasteiger partial charge < -0.3 is 5.32 Å². The van der Waals surface area contributed by atoms with Crippen LogP contribution < -0.4 is 5.32 Å². The molecule has 4 nitrogen and oxygen atoms in total. The molecular formula is C14H17N3O. The number of hydrogen-bond acceptors (Lipinski definition) is 2. The largest absolute Gasteiger partial charge is 0.326 e. The van der Waals surface area contributed by atoms with E-state index in [0.717, 1.165) is 29.4 Å². The molecule has 0 saturated heterocycles. The standard InChI is InChI=1S/C14H17N3O/c1-17-13-8-12(7-6-11(13)9-15-17)16-14(18)10-4-2-3-5-10/h6-10H,2-5H2,1H3,(H,16,18). The van der Waals surface area contributed by atoms with E-state index in [-0.39, 0.29) is 11.8 Å². The summed E-state index contributed by atoms with van der Waals surface area (Å²) in [6, 6.07) is 5.92. The first kappa shape index (κ1) is 11.3. The molecule has 2 aromatic rings. The van der Waals surface area contributed by atoms with Crippen LogP contribution in [0, 0.1) is 5.92 Å². The maximum absolute atomic E-state index is 12.0. The van der Waals surface area contributed by atoms with Crippen LogP contribution in [0.25, 0.3) is 10.9 Å². The van der Waals surface area contributed by atoms with E-state index in [2.05, 4.69) is 10.4 Å². The van der Waals surface area contributed by atoms with Crippen LogP contribution in [0.2, 0.25) is 0 Å². The molecule has 0 radical (unpaired) electrons. The average molecular weight is 243 g/mol. The van der Waals surface area contributed by atoms with Gasteiger partial charge in [-0.25, -0.2) is 0 Å². The average Bonchev–Trinajstić information content (AvgIpc) is 3.00. The van der Waals surface area contributed by atoms with E-state index in [1.54, 1.807) is 0 Å². The quantitative estimate of drug-likeness (QED) is 0.881. The van der Waals surface area contributed by atoms with Gasteiger partial charge in [0.2, 0.25) is 5.91 Å². The molecule has 1 aromatic heterocycles. The first-order valence-electron chi connectivity index (χ1n) is 6.47. The molecule has 1 heterocycles. The van der Waals surface area contributed by atoms with Crippen molar-refractivity contribution < 1.29 is 4.79 Å². The van der Waals surface area contributed by atoms with Crippen LogP contribution in [0.1, 0.15) is 25.7 Å². The second-order valence-corrected chi connectivity index (χ2v) is 5.01. The van der Waals surface area contributed by atoms with Crippen LogP contribution in [-0.4, -0.2) is 15.7 Å². The van der Waals surface area contributed by atoms with E-state index >= 15 is 0 Å². The van der Waals surface area contributed by atoms with Crippen LogP contribution in [-0.2, 0) is 11.8 Å². The molecule has 18 heavy (non-hydrogen) atoms. The number of hydrogen-bond donors (Lipinski definition) is 1. The first-order chi connectivity index (χ1) is 8.74. The minimum atomic E-state index is 0.161. The van der Waals surface area contributed by atoms with Crippen molar-refractivity contribution in [3.05, 3.63) is 24.4 Å². The molecule has 0 atom stereocenters. The number of fused-ring (bicyclic) bond motifs is 1. The van der Waals surface area contributed by atoms with Crippen molar-refractivity contribution in [2.75, 3.05) is 5.32 Å². The van der Waals surface area contributed by atoms with Gasteiger partial charge >= 0.3 is 0 Å². The zero-order valence-electron chi connectivity index (χ0n) is 10.5. The van der Waals surface area contributed by atoms with Crippen molar-refractivity contribution in [1.29, 1.82) is 0 Å². The van der Waals surface area contributed by atoms with E-state index < -0.39 is 0 Å². The summed E-state index contributed by atoms with van der Waals surface area (Å²) in [6.07, 6.45) is 6.25. The van der Waals surface area contributed by atoms with Gasteiger partial charge in [0.25, 0.3) is 0 Å². The number of aromatic nitrogens is 2. The van der Waals surface area contributed by atoms with Crippen LogP contribution >= 0.6 is 0 Å². The molecule has 94 valence electrons. The van der Waals surface area contributed by atoms with E-state index in [0.29, 0.717) is 0 Å².